The Labute approximate surface area is 191 Å². The third kappa shape index (κ3) is 7.38. The van der Waals surface area contributed by atoms with E-state index in [4.69, 9.17) is 4.74 Å². The van der Waals surface area contributed by atoms with Gasteiger partial charge in [-0.25, -0.2) is 4.98 Å². The normalized spacial score (nSPS) is 14.9. The van der Waals surface area contributed by atoms with E-state index in [1.165, 1.54) is 24.0 Å². The summed E-state index contributed by atoms with van der Waals surface area (Å²) in [4.78, 5) is 11.2. The second-order valence-corrected chi connectivity index (χ2v) is 7.27. The Balaban J connectivity index is 0.00000300. The summed E-state index contributed by atoms with van der Waals surface area (Å²) in [5.41, 5.74) is 2.39. The predicted octanol–water partition coefficient (Wildman–Crippen LogP) is 3.74. The van der Waals surface area contributed by atoms with Gasteiger partial charge in [0.05, 0.1) is 6.54 Å². The average Bonchev–Trinajstić information content (AvgIpc) is 3.23. The van der Waals surface area contributed by atoms with Crippen LogP contribution in [0.2, 0.25) is 0 Å². The summed E-state index contributed by atoms with van der Waals surface area (Å²) >= 11 is 0. The molecule has 0 bridgehead atoms. The zero-order chi connectivity index (χ0) is 19.8. The third-order valence-electron chi connectivity index (χ3n) is 4.81. The molecule has 0 spiro atoms. The Bertz CT molecular complexity index is 792. The van der Waals surface area contributed by atoms with Gasteiger partial charge in [0.25, 0.3) is 0 Å². The number of anilines is 1. The van der Waals surface area contributed by atoms with Crippen LogP contribution in [-0.2, 0) is 6.54 Å². The summed E-state index contributed by atoms with van der Waals surface area (Å²) in [6.45, 7) is 7.70. The standard InChI is InChI=1S/C22H31N5O.HI/c1-17-7-6-8-20(13-17)28-18(2)15-25-22(23-3)26-16-19-9-10-24-21(14-19)27-11-4-5-12-27;/h6-10,13-14,18H,4-5,11-12,15-16H2,1-3H3,(H2,23,25,26);1H. The molecular formula is C22H32IN5O. The number of ether oxygens (including phenoxy) is 1. The number of nitrogens with one attached hydrogen (secondary N) is 2. The number of aliphatic imine (C=N–C) groups is 1. The molecule has 1 aliphatic heterocycles. The average molecular weight is 509 g/mol. The molecule has 1 fully saturated rings. The number of hydrogen-bond acceptors (Lipinski definition) is 4. The first kappa shape index (κ1) is 23.3. The largest absolute Gasteiger partial charge is 0.489 e. The zero-order valence-electron chi connectivity index (χ0n) is 17.5. The lowest BCUT2D eigenvalue weighted by Crippen LogP contribution is -2.41. The number of rotatable bonds is 7. The van der Waals surface area contributed by atoms with Gasteiger partial charge in [-0.05, 0) is 62.1 Å². The van der Waals surface area contributed by atoms with Crippen LogP contribution in [0.1, 0.15) is 30.9 Å². The van der Waals surface area contributed by atoms with Crippen LogP contribution in [0, 0.1) is 6.92 Å². The molecule has 0 saturated carbocycles. The van der Waals surface area contributed by atoms with Gasteiger partial charge in [-0.1, -0.05) is 12.1 Å². The van der Waals surface area contributed by atoms with Crippen LogP contribution in [0.3, 0.4) is 0 Å². The Hall–Kier alpha value is -2.03. The van der Waals surface area contributed by atoms with Crippen molar-refractivity contribution in [3.8, 4) is 5.75 Å². The topological polar surface area (TPSA) is 61.8 Å². The fourth-order valence-electron chi connectivity index (χ4n) is 3.30. The van der Waals surface area contributed by atoms with Crippen molar-refractivity contribution in [2.75, 3.05) is 31.6 Å². The Kier molecular flexibility index (Phi) is 9.50. The molecule has 2 N–H and O–H groups in total. The number of guanidine groups is 1. The van der Waals surface area contributed by atoms with E-state index < -0.39 is 0 Å². The summed E-state index contributed by atoms with van der Waals surface area (Å²) in [6, 6.07) is 12.3. The summed E-state index contributed by atoms with van der Waals surface area (Å²) in [7, 11) is 1.78. The lowest BCUT2D eigenvalue weighted by molar-refractivity contribution is 0.223. The number of nitrogens with zero attached hydrogens (tertiary/aromatic N) is 3. The van der Waals surface area contributed by atoms with Crippen molar-refractivity contribution in [1.29, 1.82) is 0 Å². The van der Waals surface area contributed by atoms with Crippen LogP contribution in [0.5, 0.6) is 5.75 Å². The van der Waals surface area contributed by atoms with Crippen molar-refractivity contribution in [3.05, 3.63) is 53.7 Å². The molecular weight excluding hydrogens is 477 g/mol. The zero-order valence-corrected chi connectivity index (χ0v) is 19.8. The van der Waals surface area contributed by atoms with Crippen LogP contribution in [-0.4, -0.2) is 43.7 Å². The van der Waals surface area contributed by atoms with Gasteiger partial charge >= 0.3 is 0 Å². The van der Waals surface area contributed by atoms with Crippen molar-refractivity contribution in [2.24, 2.45) is 4.99 Å². The van der Waals surface area contributed by atoms with Gasteiger partial charge in [-0.3, -0.25) is 4.99 Å². The molecule has 1 aliphatic rings. The van der Waals surface area contributed by atoms with E-state index in [0.29, 0.717) is 13.1 Å². The highest BCUT2D eigenvalue weighted by molar-refractivity contribution is 14.0. The molecule has 1 saturated heterocycles. The molecule has 2 heterocycles. The van der Waals surface area contributed by atoms with Gasteiger partial charge in [0.2, 0.25) is 0 Å². The fourth-order valence-corrected chi connectivity index (χ4v) is 3.30. The smallest absolute Gasteiger partial charge is 0.191 e. The molecule has 0 amide bonds. The number of hydrogen-bond donors (Lipinski definition) is 2. The van der Waals surface area contributed by atoms with E-state index in [-0.39, 0.29) is 30.1 Å². The Morgan fingerprint density at radius 2 is 2.00 bits per heavy atom. The van der Waals surface area contributed by atoms with E-state index in [9.17, 15) is 0 Å². The number of aryl methyl sites for hydroxylation is 1. The monoisotopic (exact) mass is 509 g/mol. The molecule has 2 aromatic rings. The molecule has 3 rings (SSSR count). The molecule has 7 heteroatoms. The number of pyridine rings is 1. The van der Waals surface area contributed by atoms with Crippen LogP contribution in [0.25, 0.3) is 0 Å². The highest BCUT2D eigenvalue weighted by atomic mass is 127. The number of benzene rings is 1. The van der Waals surface area contributed by atoms with E-state index in [1.54, 1.807) is 7.05 Å². The molecule has 29 heavy (non-hydrogen) atoms. The highest BCUT2D eigenvalue weighted by Crippen LogP contribution is 2.18. The fraction of sp³-hybridized carbons (Fsp3) is 0.455. The summed E-state index contributed by atoms with van der Waals surface area (Å²) in [5, 5.41) is 6.70. The summed E-state index contributed by atoms with van der Waals surface area (Å²) < 4.78 is 5.97. The second-order valence-electron chi connectivity index (χ2n) is 7.27. The maximum absolute atomic E-state index is 5.97. The van der Waals surface area contributed by atoms with Gasteiger partial charge in [0.1, 0.15) is 17.7 Å². The number of halogens is 1. The number of aromatic nitrogens is 1. The second kappa shape index (κ2) is 11.8. The van der Waals surface area contributed by atoms with Gasteiger partial charge in [0.15, 0.2) is 5.96 Å². The minimum Gasteiger partial charge on any atom is -0.489 e. The lowest BCUT2D eigenvalue weighted by atomic mass is 10.2. The van der Waals surface area contributed by atoms with Crippen molar-refractivity contribution in [3.63, 3.8) is 0 Å². The van der Waals surface area contributed by atoms with E-state index in [0.717, 1.165) is 30.6 Å². The molecule has 1 aromatic carbocycles. The highest BCUT2D eigenvalue weighted by Gasteiger charge is 2.13. The van der Waals surface area contributed by atoms with E-state index >= 15 is 0 Å². The Morgan fingerprint density at radius 1 is 1.21 bits per heavy atom. The molecule has 6 nitrogen and oxygen atoms in total. The predicted molar refractivity (Wildman–Crippen MR) is 131 cm³/mol. The van der Waals surface area contributed by atoms with Crippen molar-refractivity contribution < 1.29 is 4.74 Å². The first-order chi connectivity index (χ1) is 13.6. The minimum atomic E-state index is 0. The maximum atomic E-state index is 5.97. The maximum Gasteiger partial charge on any atom is 0.191 e. The molecule has 158 valence electrons. The van der Waals surface area contributed by atoms with Crippen LogP contribution >= 0.6 is 24.0 Å². The quantitative estimate of drug-likeness (QED) is 0.339. The van der Waals surface area contributed by atoms with E-state index in [2.05, 4.69) is 44.6 Å². The van der Waals surface area contributed by atoms with Gasteiger partial charge < -0.3 is 20.3 Å². The molecule has 1 unspecified atom stereocenters. The van der Waals surface area contributed by atoms with Crippen molar-refractivity contribution in [1.82, 2.24) is 15.6 Å². The van der Waals surface area contributed by atoms with Crippen LogP contribution in [0.15, 0.2) is 47.6 Å². The van der Waals surface area contributed by atoms with Crippen LogP contribution in [0.4, 0.5) is 5.82 Å². The molecule has 0 radical (unpaired) electrons. The van der Waals surface area contributed by atoms with Crippen molar-refractivity contribution in [2.45, 2.75) is 39.3 Å². The van der Waals surface area contributed by atoms with Crippen LogP contribution < -0.4 is 20.3 Å². The first-order valence-electron chi connectivity index (χ1n) is 10.0. The minimum absolute atomic E-state index is 0. The van der Waals surface area contributed by atoms with Gasteiger partial charge in [-0.15, -0.1) is 24.0 Å². The SMILES string of the molecule is CN=C(NCc1ccnc(N2CCCC2)c1)NCC(C)Oc1cccc(C)c1.I. The van der Waals surface area contributed by atoms with Gasteiger partial charge in [-0.2, -0.15) is 0 Å². The van der Waals surface area contributed by atoms with Gasteiger partial charge in [0, 0.05) is 32.9 Å². The first-order valence-corrected chi connectivity index (χ1v) is 10.0. The molecule has 1 aromatic heterocycles. The molecule has 0 aliphatic carbocycles. The Morgan fingerprint density at radius 3 is 2.72 bits per heavy atom. The summed E-state index contributed by atoms with van der Waals surface area (Å²) in [5.74, 6) is 2.72. The molecule has 1 atom stereocenters. The van der Waals surface area contributed by atoms with E-state index in [1.807, 2.05) is 37.4 Å². The lowest BCUT2D eigenvalue weighted by Gasteiger charge is -2.19. The third-order valence-corrected chi connectivity index (χ3v) is 4.81. The van der Waals surface area contributed by atoms with Crippen molar-refractivity contribution >= 4 is 35.8 Å². The summed E-state index contributed by atoms with van der Waals surface area (Å²) in [6.07, 6.45) is 4.43.